The summed E-state index contributed by atoms with van der Waals surface area (Å²) in [5.74, 6) is 0. The van der Waals surface area contributed by atoms with E-state index in [-0.39, 0.29) is 0 Å². The van der Waals surface area contributed by atoms with E-state index in [0.29, 0.717) is 0 Å². The molecule has 1 heterocycles. The Kier molecular flexibility index (Phi) is 5.31. The van der Waals surface area contributed by atoms with E-state index in [2.05, 4.69) is 113 Å². The summed E-state index contributed by atoms with van der Waals surface area (Å²) >= 11 is 3.59. The largest absolute Gasteiger partial charge is 0.314 e. The fourth-order valence-corrected chi connectivity index (χ4v) is 4.18. The van der Waals surface area contributed by atoms with E-state index >= 15 is 0 Å². The molecule has 0 spiro atoms. The van der Waals surface area contributed by atoms with Crippen molar-refractivity contribution in [1.29, 1.82) is 0 Å². The van der Waals surface area contributed by atoms with Crippen LogP contribution in [0.1, 0.15) is 11.3 Å². The van der Waals surface area contributed by atoms with E-state index in [9.17, 15) is 0 Å². The van der Waals surface area contributed by atoms with Crippen LogP contribution >= 0.6 is 15.9 Å². The molecular formula is C26H22BrN. The van der Waals surface area contributed by atoms with E-state index in [1.54, 1.807) is 0 Å². The maximum atomic E-state index is 3.79. The van der Waals surface area contributed by atoms with Crippen molar-refractivity contribution in [2.75, 3.05) is 0 Å². The SMILES string of the molecule is C=C/C=C\Cc1c(C)n(-c2ccccc2)c2ccc(-c3cccc(Br)c3)cc12. The standard InChI is InChI=1S/C26H22BrN/c1-3-4-6-14-24-19(2)28(23-12-7-5-8-13-23)26-16-15-21(18-25(24)26)20-10-9-11-22(27)17-20/h3-13,15-18H,1,14H2,2H3/b6-4-. The van der Waals surface area contributed by atoms with Gasteiger partial charge in [-0.15, -0.1) is 0 Å². The van der Waals surface area contributed by atoms with E-state index in [0.717, 1.165) is 10.9 Å². The number of halogens is 1. The van der Waals surface area contributed by atoms with Crippen molar-refractivity contribution in [3.05, 3.63) is 113 Å². The highest BCUT2D eigenvalue weighted by Crippen LogP contribution is 2.34. The molecule has 0 radical (unpaired) electrons. The third kappa shape index (κ3) is 3.48. The fourth-order valence-electron chi connectivity index (χ4n) is 3.78. The molecule has 0 saturated heterocycles. The van der Waals surface area contributed by atoms with Crippen LogP contribution in [0.3, 0.4) is 0 Å². The maximum Gasteiger partial charge on any atom is 0.0534 e. The van der Waals surface area contributed by atoms with E-state index in [1.165, 1.54) is 39.0 Å². The number of hydrogen-bond donors (Lipinski definition) is 0. The van der Waals surface area contributed by atoms with Crippen molar-refractivity contribution in [3.63, 3.8) is 0 Å². The van der Waals surface area contributed by atoms with E-state index in [4.69, 9.17) is 0 Å². The van der Waals surface area contributed by atoms with Crippen LogP contribution in [0, 0.1) is 6.92 Å². The van der Waals surface area contributed by atoms with Crippen LogP contribution in [-0.2, 0) is 6.42 Å². The van der Waals surface area contributed by atoms with Crippen LogP contribution in [0.25, 0.3) is 27.7 Å². The van der Waals surface area contributed by atoms with Crippen LogP contribution in [0.5, 0.6) is 0 Å². The van der Waals surface area contributed by atoms with Gasteiger partial charge in [-0.2, -0.15) is 0 Å². The predicted molar refractivity (Wildman–Crippen MR) is 124 cm³/mol. The maximum absolute atomic E-state index is 3.79. The Bertz CT molecular complexity index is 1170. The minimum Gasteiger partial charge on any atom is -0.314 e. The summed E-state index contributed by atoms with van der Waals surface area (Å²) in [6, 6.07) is 25.8. The first-order valence-electron chi connectivity index (χ1n) is 9.42. The molecule has 138 valence electrons. The highest BCUT2D eigenvalue weighted by molar-refractivity contribution is 9.10. The predicted octanol–water partition coefficient (Wildman–Crippen LogP) is 7.65. The van der Waals surface area contributed by atoms with Crippen molar-refractivity contribution in [2.24, 2.45) is 0 Å². The summed E-state index contributed by atoms with van der Waals surface area (Å²) in [6.07, 6.45) is 6.91. The number of para-hydroxylation sites is 1. The highest BCUT2D eigenvalue weighted by Gasteiger charge is 2.15. The topological polar surface area (TPSA) is 4.93 Å². The number of allylic oxidation sites excluding steroid dienone is 3. The van der Waals surface area contributed by atoms with Gasteiger partial charge in [0, 0.05) is 21.2 Å². The number of hydrogen-bond acceptors (Lipinski definition) is 0. The second-order valence-electron chi connectivity index (χ2n) is 6.85. The molecule has 0 bridgehead atoms. The Morgan fingerprint density at radius 2 is 1.71 bits per heavy atom. The van der Waals surface area contributed by atoms with Gasteiger partial charge in [0.25, 0.3) is 0 Å². The van der Waals surface area contributed by atoms with Crippen LogP contribution in [0.15, 0.2) is 102 Å². The fraction of sp³-hybridized carbons (Fsp3) is 0.0769. The molecule has 0 unspecified atom stereocenters. The second kappa shape index (κ2) is 8.04. The third-order valence-corrected chi connectivity index (χ3v) is 5.59. The van der Waals surface area contributed by atoms with Crippen molar-refractivity contribution in [3.8, 4) is 16.8 Å². The molecule has 4 aromatic rings. The lowest BCUT2D eigenvalue weighted by Gasteiger charge is -2.09. The molecule has 0 saturated carbocycles. The van der Waals surface area contributed by atoms with Gasteiger partial charge in [0.2, 0.25) is 0 Å². The summed E-state index contributed by atoms with van der Waals surface area (Å²) in [5, 5.41) is 1.30. The minimum atomic E-state index is 0.885. The lowest BCUT2D eigenvalue weighted by molar-refractivity contribution is 1.03. The van der Waals surface area contributed by atoms with Crippen molar-refractivity contribution in [2.45, 2.75) is 13.3 Å². The molecule has 0 amide bonds. The summed E-state index contributed by atoms with van der Waals surface area (Å²) in [4.78, 5) is 0. The van der Waals surface area contributed by atoms with Crippen molar-refractivity contribution >= 4 is 26.8 Å². The summed E-state index contributed by atoms with van der Waals surface area (Å²) in [5.41, 5.74) is 7.51. The van der Waals surface area contributed by atoms with Crippen LogP contribution in [-0.4, -0.2) is 4.57 Å². The zero-order valence-electron chi connectivity index (χ0n) is 15.9. The smallest absolute Gasteiger partial charge is 0.0534 e. The molecule has 3 aromatic carbocycles. The van der Waals surface area contributed by atoms with Crippen LogP contribution in [0.4, 0.5) is 0 Å². The number of aromatic nitrogens is 1. The zero-order valence-corrected chi connectivity index (χ0v) is 17.5. The highest BCUT2D eigenvalue weighted by atomic mass is 79.9. The Morgan fingerprint density at radius 1 is 0.929 bits per heavy atom. The zero-order chi connectivity index (χ0) is 19.5. The lowest BCUT2D eigenvalue weighted by Crippen LogP contribution is -1.96. The molecule has 0 aliphatic heterocycles. The number of nitrogens with zero attached hydrogens (tertiary/aromatic N) is 1. The molecular weight excluding hydrogens is 406 g/mol. The Balaban J connectivity index is 1.95. The summed E-state index contributed by atoms with van der Waals surface area (Å²) in [7, 11) is 0. The lowest BCUT2D eigenvalue weighted by atomic mass is 10.0. The Morgan fingerprint density at radius 3 is 2.46 bits per heavy atom. The van der Waals surface area contributed by atoms with Gasteiger partial charge in [0.05, 0.1) is 5.52 Å². The average molecular weight is 428 g/mol. The second-order valence-corrected chi connectivity index (χ2v) is 7.76. The molecule has 0 N–H and O–H groups in total. The van der Waals surface area contributed by atoms with Gasteiger partial charge in [0.15, 0.2) is 0 Å². The van der Waals surface area contributed by atoms with Gasteiger partial charge in [-0.3, -0.25) is 0 Å². The average Bonchev–Trinajstić information content (AvgIpc) is 3.00. The third-order valence-electron chi connectivity index (χ3n) is 5.10. The molecule has 1 aromatic heterocycles. The van der Waals surface area contributed by atoms with E-state index in [1.807, 2.05) is 12.2 Å². The molecule has 4 rings (SSSR count). The van der Waals surface area contributed by atoms with Crippen LogP contribution in [0.2, 0.25) is 0 Å². The first-order chi connectivity index (χ1) is 13.7. The van der Waals surface area contributed by atoms with Crippen LogP contribution < -0.4 is 0 Å². The van der Waals surface area contributed by atoms with Gasteiger partial charge < -0.3 is 4.57 Å². The molecule has 28 heavy (non-hydrogen) atoms. The number of rotatable bonds is 5. The molecule has 2 heteroatoms. The first kappa shape index (κ1) is 18.5. The molecule has 0 aliphatic rings. The minimum absolute atomic E-state index is 0.885. The Hall–Kier alpha value is -2.84. The molecule has 1 nitrogen and oxygen atoms in total. The number of benzene rings is 3. The molecule has 0 fully saturated rings. The van der Waals surface area contributed by atoms with Gasteiger partial charge in [-0.25, -0.2) is 0 Å². The van der Waals surface area contributed by atoms with Gasteiger partial charge in [0.1, 0.15) is 0 Å². The summed E-state index contributed by atoms with van der Waals surface area (Å²) < 4.78 is 3.45. The van der Waals surface area contributed by atoms with Crippen molar-refractivity contribution in [1.82, 2.24) is 4.57 Å². The van der Waals surface area contributed by atoms with Gasteiger partial charge in [-0.05, 0) is 66.4 Å². The summed E-state index contributed by atoms with van der Waals surface area (Å²) in [6.45, 7) is 6.01. The Labute approximate surface area is 174 Å². The quantitative estimate of drug-likeness (QED) is 0.288. The van der Waals surface area contributed by atoms with Gasteiger partial charge >= 0.3 is 0 Å². The van der Waals surface area contributed by atoms with Gasteiger partial charge in [-0.1, -0.05) is 77.1 Å². The monoisotopic (exact) mass is 427 g/mol. The molecule has 0 aliphatic carbocycles. The first-order valence-corrected chi connectivity index (χ1v) is 10.2. The van der Waals surface area contributed by atoms with E-state index < -0.39 is 0 Å². The molecule has 0 atom stereocenters. The number of fused-ring (bicyclic) bond motifs is 1. The van der Waals surface area contributed by atoms with Crippen molar-refractivity contribution < 1.29 is 0 Å². The normalized spacial score (nSPS) is 11.4.